The minimum Gasteiger partial charge on any atom is -0.490 e. The molecule has 0 bridgehead atoms. The van der Waals surface area contributed by atoms with Crippen molar-refractivity contribution in [3.8, 4) is 11.5 Å². The van der Waals surface area contributed by atoms with Gasteiger partial charge in [-0.15, -0.1) is 0 Å². The minimum absolute atomic E-state index is 0.357. The standard InChI is InChI=1S/C17H22N2O2S/c22-17(18-13-5-6-13)19-8-1-3-14(19)12-4-7-15-16(11-12)21-10-2-9-20-15/h4,7,11,13-14H,1-3,5-6,8-10H2,(H,18,22)/t14-/m1/s1. The normalized spacial score (nSPS) is 24.0. The Morgan fingerprint density at radius 1 is 1.09 bits per heavy atom. The van der Waals surface area contributed by atoms with Crippen LogP contribution in [0.1, 0.15) is 43.7 Å². The van der Waals surface area contributed by atoms with Crippen molar-refractivity contribution < 1.29 is 9.47 Å². The lowest BCUT2D eigenvalue weighted by Gasteiger charge is -2.28. The number of hydrogen-bond acceptors (Lipinski definition) is 3. The molecule has 0 amide bonds. The van der Waals surface area contributed by atoms with E-state index < -0.39 is 0 Å². The number of nitrogens with one attached hydrogen (secondary N) is 1. The van der Waals surface area contributed by atoms with Crippen molar-refractivity contribution >= 4 is 17.3 Å². The number of fused-ring (bicyclic) bond motifs is 1. The molecule has 1 saturated heterocycles. The van der Waals surface area contributed by atoms with Crippen molar-refractivity contribution in [2.75, 3.05) is 19.8 Å². The highest BCUT2D eigenvalue weighted by Crippen LogP contribution is 2.38. The summed E-state index contributed by atoms with van der Waals surface area (Å²) in [5.41, 5.74) is 1.28. The zero-order chi connectivity index (χ0) is 14.9. The van der Waals surface area contributed by atoms with Gasteiger partial charge < -0.3 is 19.7 Å². The van der Waals surface area contributed by atoms with E-state index in [4.69, 9.17) is 21.7 Å². The molecule has 1 aromatic carbocycles. The Kier molecular flexibility index (Phi) is 3.82. The molecule has 22 heavy (non-hydrogen) atoms. The van der Waals surface area contributed by atoms with Gasteiger partial charge in [-0.05, 0) is 55.6 Å². The molecule has 0 spiro atoms. The van der Waals surface area contributed by atoms with Crippen LogP contribution in [0, 0.1) is 0 Å². The Bertz CT molecular complexity index is 574. The van der Waals surface area contributed by atoms with E-state index in [1.54, 1.807) is 0 Å². The van der Waals surface area contributed by atoms with E-state index in [1.165, 1.54) is 24.8 Å². The van der Waals surface area contributed by atoms with Gasteiger partial charge in [0.05, 0.1) is 19.3 Å². The van der Waals surface area contributed by atoms with Gasteiger partial charge in [0.2, 0.25) is 0 Å². The van der Waals surface area contributed by atoms with Crippen molar-refractivity contribution in [2.24, 2.45) is 0 Å². The highest BCUT2D eigenvalue weighted by atomic mass is 32.1. The number of hydrogen-bond donors (Lipinski definition) is 1. The Balaban J connectivity index is 1.54. The van der Waals surface area contributed by atoms with E-state index in [-0.39, 0.29) is 0 Å². The molecule has 3 aliphatic rings. The lowest BCUT2D eigenvalue weighted by molar-refractivity contribution is 0.296. The molecule has 5 heteroatoms. The van der Waals surface area contributed by atoms with Crippen LogP contribution in [-0.4, -0.2) is 35.8 Å². The van der Waals surface area contributed by atoms with Gasteiger partial charge >= 0.3 is 0 Å². The maximum Gasteiger partial charge on any atom is 0.169 e. The van der Waals surface area contributed by atoms with Crippen molar-refractivity contribution in [3.05, 3.63) is 23.8 Å². The lowest BCUT2D eigenvalue weighted by Crippen LogP contribution is -2.40. The van der Waals surface area contributed by atoms with Crippen molar-refractivity contribution in [1.82, 2.24) is 10.2 Å². The van der Waals surface area contributed by atoms with Gasteiger partial charge in [0, 0.05) is 19.0 Å². The van der Waals surface area contributed by atoms with E-state index in [0.717, 1.165) is 49.2 Å². The second-order valence-electron chi connectivity index (χ2n) is 6.33. The van der Waals surface area contributed by atoms with E-state index in [0.29, 0.717) is 12.1 Å². The SMILES string of the molecule is S=C(NC1CC1)N1CCC[C@@H]1c1ccc2c(c1)OCCCO2. The van der Waals surface area contributed by atoms with E-state index in [9.17, 15) is 0 Å². The fraction of sp³-hybridized carbons (Fsp3) is 0.588. The van der Waals surface area contributed by atoms with E-state index in [2.05, 4.69) is 22.3 Å². The predicted molar refractivity (Wildman–Crippen MR) is 89.5 cm³/mol. The molecule has 0 radical (unpaired) electrons. The molecule has 2 heterocycles. The van der Waals surface area contributed by atoms with Gasteiger partial charge in [-0.1, -0.05) is 6.07 Å². The van der Waals surface area contributed by atoms with Crippen LogP contribution in [0.2, 0.25) is 0 Å². The third-order valence-corrected chi connectivity index (χ3v) is 4.93. The molecule has 0 aromatic heterocycles. The average Bonchev–Trinajstić information content (AvgIpc) is 3.25. The van der Waals surface area contributed by atoms with Crippen LogP contribution in [-0.2, 0) is 0 Å². The summed E-state index contributed by atoms with van der Waals surface area (Å²) in [6, 6.07) is 7.32. The van der Waals surface area contributed by atoms with Gasteiger partial charge in [0.25, 0.3) is 0 Å². The summed E-state index contributed by atoms with van der Waals surface area (Å²) in [6.45, 7) is 2.50. The Morgan fingerprint density at radius 2 is 1.91 bits per heavy atom. The van der Waals surface area contributed by atoms with E-state index >= 15 is 0 Å². The molecule has 2 aliphatic heterocycles. The third kappa shape index (κ3) is 2.86. The summed E-state index contributed by atoms with van der Waals surface area (Å²) >= 11 is 5.61. The third-order valence-electron chi connectivity index (χ3n) is 4.57. The first-order valence-electron chi connectivity index (χ1n) is 8.28. The minimum atomic E-state index is 0.357. The molecule has 2 fully saturated rings. The second-order valence-corrected chi connectivity index (χ2v) is 6.72. The summed E-state index contributed by atoms with van der Waals surface area (Å²) in [5, 5.41) is 4.38. The largest absolute Gasteiger partial charge is 0.490 e. The molecule has 1 aromatic rings. The lowest BCUT2D eigenvalue weighted by atomic mass is 10.0. The average molecular weight is 318 g/mol. The van der Waals surface area contributed by atoms with Crippen LogP contribution >= 0.6 is 12.2 Å². The summed E-state index contributed by atoms with van der Waals surface area (Å²) in [5.74, 6) is 1.74. The quantitative estimate of drug-likeness (QED) is 0.848. The molecule has 4 rings (SSSR count). The van der Waals surface area contributed by atoms with Crippen LogP contribution in [0.5, 0.6) is 11.5 Å². The number of thiocarbonyl (C=S) groups is 1. The summed E-state index contributed by atoms with van der Waals surface area (Å²) in [6.07, 6.45) is 5.78. The molecular formula is C17H22N2O2S. The van der Waals surface area contributed by atoms with Crippen molar-refractivity contribution in [1.29, 1.82) is 0 Å². The van der Waals surface area contributed by atoms with Crippen LogP contribution in [0.25, 0.3) is 0 Å². The monoisotopic (exact) mass is 318 g/mol. The predicted octanol–water partition coefficient (Wildman–Crippen LogP) is 3.02. The number of ether oxygens (including phenoxy) is 2. The molecule has 4 nitrogen and oxygen atoms in total. The maximum atomic E-state index is 5.83. The van der Waals surface area contributed by atoms with E-state index in [1.807, 2.05) is 6.07 Å². The van der Waals surface area contributed by atoms with Crippen LogP contribution in [0.4, 0.5) is 0 Å². The zero-order valence-corrected chi connectivity index (χ0v) is 13.5. The molecule has 1 atom stereocenters. The Labute approximate surface area is 136 Å². The highest BCUT2D eigenvalue weighted by molar-refractivity contribution is 7.80. The number of likely N-dealkylation sites (tertiary alicyclic amines) is 1. The van der Waals surface area contributed by atoms with Crippen LogP contribution in [0.15, 0.2) is 18.2 Å². The van der Waals surface area contributed by atoms with Gasteiger partial charge in [-0.25, -0.2) is 0 Å². The first-order chi connectivity index (χ1) is 10.8. The summed E-state index contributed by atoms with van der Waals surface area (Å²) in [7, 11) is 0. The van der Waals surface area contributed by atoms with Crippen molar-refractivity contribution in [3.63, 3.8) is 0 Å². The first-order valence-corrected chi connectivity index (χ1v) is 8.69. The Hall–Kier alpha value is -1.49. The molecule has 118 valence electrons. The maximum absolute atomic E-state index is 5.83. The molecule has 1 saturated carbocycles. The van der Waals surface area contributed by atoms with Gasteiger partial charge in [0.1, 0.15) is 0 Å². The fourth-order valence-corrected chi connectivity index (χ4v) is 3.61. The number of nitrogens with zero attached hydrogens (tertiary/aromatic N) is 1. The zero-order valence-electron chi connectivity index (χ0n) is 12.7. The smallest absolute Gasteiger partial charge is 0.169 e. The van der Waals surface area contributed by atoms with Crippen molar-refractivity contribution in [2.45, 2.75) is 44.2 Å². The van der Waals surface area contributed by atoms with Crippen LogP contribution < -0.4 is 14.8 Å². The highest BCUT2D eigenvalue weighted by Gasteiger charge is 2.31. The number of rotatable bonds is 2. The Morgan fingerprint density at radius 3 is 2.73 bits per heavy atom. The molecular weight excluding hydrogens is 296 g/mol. The van der Waals surface area contributed by atoms with Gasteiger partial charge in [-0.2, -0.15) is 0 Å². The second kappa shape index (κ2) is 5.95. The number of benzene rings is 1. The summed E-state index contributed by atoms with van der Waals surface area (Å²) < 4.78 is 11.6. The van der Waals surface area contributed by atoms with Gasteiger partial charge in [-0.3, -0.25) is 0 Å². The molecule has 1 aliphatic carbocycles. The first kappa shape index (κ1) is 14.1. The topological polar surface area (TPSA) is 33.7 Å². The summed E-state index contributed by atoms with van der Waals surface area (Å²) in [4.78, 5) is 2.34. The molecule has 0 unspecified atom stereocenters. The van der Waals surface area contributed by atoms with Gasteiger partial charge in [0.15, 0.2) is 16.6 Å². The molecule has 1 N–H and O–H groups in total. The fourth-order valence-electron chi connectivity index (χ4n) is 3.23. The van der Waals surface area contributed by atoms with Crippen LogP contribution in [0.3, 0.4) is 0 Å².